The van der Waals surface area contributed by atoms with Crippen LogP contribution in [0.2, 0.25) is 0 Å². The van der Waals surface area contributed by atoms with E-state index in [0.717, 1.165) is 11.1 Å². The number of H-pyrrole nitrogens is 1. The minimum atomic E-state index is -3.72. The summed E-state index contributed by atoms with van der Waals surface area (Å²) in [6, 6.07) is 5.01. The van der Waals surface area contributed by atoms with Gasteiger partial charge in [0.25, 0.3) is 10.0 Å². The van der Waals surface area contributed by atoms with E-state index in [2.05, 4.69) is 25.1 Å². The van der Waals surface area contributed by atoms with Crippen molar-refractivity contribution in [3.8, 4) is 5.82 Å². The molecule has 3 aromatic rings. The summed E-state index contributed by atoms with van der Waals surface area (Å²) >= 11 is 0. The van der Waals surface area contributed by atoms with Gasteiger partial charge in [0.2, 0.25) is 0 Å². The molecule has 0 fully saturated rings. The van der Waals surface area contributed by atoms with Gasteiger partial charge < -0.3 is 0 Å². The molecule has 0 unspecified atom stereocenters. The Labute approximate surface area is 133 Å². The van der Waals surface area contributed by atoms with Crippen molar-refractivity contribution in [3.63, 3.8) is 0 Å². The Hall–Kier alpha value is -2.68. The lowest BCUT2D eigenvalue weighted by molar-refractivity contribution is 0.601. The van der Waals surface area contributed by atoms with Gasteiger partial charge in [0, 0.05) is 0 Å². The number of benzene rings is 1. The monoisotopic (exact) mass is 332 g/mol. The van der Waals surface area contributed by atoms with Crippen molar-refractivity contribution >= 4 is 15.7 Å². The number of hydrogen-bond donors (Lipinski definition) is 2. The Bertz CT molecular complexity index is 944. The molecule has 2 heterocycles. The molecule has 0 aliphatic carbocycles. The molecule has 9 heteroatoms. The van der Waals surface area contributed by atoms with Crippen molar-refractivity contribution < 1.29 is 8.42 Å². The van der Waals surface area contributed by atoms with Crippen LogP contribution in [0.15, 0.2) is 35.7 Å². The van der Waals surface area contributed by atoms with Gasteiger partial charge in [-0.3, -0.25) is 14.4 Å². The van der Waals surface area contributed by atoms with E-state index in [0.29, 0.717) is 17.2 Å². The molecule has 0 aliphatic heterocycles. The zero-order valence-electron chi connectivity index (χ0n) is 12.9. The van der Waals surface area contributed by atoms with Crippen molar-refractivity contribution in [1.29, 1.82) is 0 Å². The fourth-order valence-electron chi connectivity index (χ4n) is 2.11. The third kappa shape index (κ3) is 2.82. The molecule has 0 aliphatic rings. The average molecular weight is 332 g/mol. The molecule has 0 bridgehead atoms. The summed E-state index contributed by atoms with van der Waals surface area (Å²) in [5, 5.41) is 14.3. The average Bonchev–Trinajstić information content (AvgIpc) is 3.12. The molecule has 0 amide bonds. The Morgan fingerprint density at radius 3 is 2.43 bits per heavy atom. The molecule has 2 N–H and O–H groups in total. The largest absolute Gasteiger partial charge is 0.279 e. The van der Waals surface area contributed by atoms with Gasteiger partial charge >= 0.3 is 0 Å². The molecule has 0 atom stereocenters. The van der Waals surface area contributed by atoms with Gasteiger partial charge in [-0.1, -0.05) is 6.07 Å². The third-order valence-corrected chi connectivity index (χ3v) is 4.96. The molecule has 0 spiro atoms. The van der Waals surface area contributed by atoms with Crippen LogP contribution >= 0.6 is 0 Å². The quantitative estimate of drug-likeness (QED) is 0.756. The smallest absolute Gasteiger partial charge is 0.262 e. The van der Waals surface area contributed by atoms with Crippen LogP contribution in [0.3, 0.4) is 0 Å². The first-order valence-corrected chi connectivity index (χ1v) is 8.37. The predicted octanol–water partition coefficient (Wildman–Crippen LogP) is 1.72. The highest BCUT2D eigenvalue weighted by molar-refractivity contribution is 7.92. The maximum Gasteiger partial charge on any atom is 0.262 e. The summed E-state index contributed by atoms with van der Waals surface area (Å²) in [6.45, 7) is 5.54. The van der Waals surface area contributed by atoms with Crippen molar-refractivity contribution in [2.75, 3.05) is 4.72 Å². The zero-order chi connectivity index (χ0) is 16.6. The first kappa shape index (κ1) is 15.2. The Kier molecular flexibility index (Phi) is 3.64. The molecule has 1 aromatic carbocycles. The van der Waals surface area contributed by atoms with Gasteiger partial charge in [0.15, 0.2) is 5.82 Å². The van der Waals surface area contributed by atoms with E-state index >= 15 is 0 Å². The Morgan fingerprint density at radius 1 is 1.09 bits per heavy atom. The minimum absolute atomic E-state index is 0.205. The number of rotatable bonds is 4. The summed E-state index contributed by atoms with van der Waals surface area (Å²) in [7, 11) is -3.72. The van der Waals surface area contributed by atoms with E-state index in [1.165, 1.54) is 17.2 Å². The third-order valence-electron chi connectivity index (χ3n) is 3.62. The molecular formula is C14H16N6O2S. The van der Waals surface area contributed by atoms with Gasteiger partial charge in [-0.15, -0.1) is 10.2 Å². The molecule has 120 valence electrons. The van der Waals surface area contributed by atoms with Gasteiger partial charge in [0.05, 0.1) is 10.6 Å². The summed E-state index contributed by atoms with van der Waals surface area (Å²) < 4.78 is 29.4. The molecule has 23 heavy (non-hydrogen) atoms. The number of aromatic nitrogens is 5. The van der Waals surface area contributed by atoms with Crippen molar-refractivity contribution in [2.24, 2.45) is 0 Å². The van der Waals surface area contributed by atoms with Crippen LogP contribution in [0.5, 0.6) is 0 Å². The SMILES string of the molecule is Cc1ccc(S(=O)(=O)Nc2c(-n3cnnc3)n[nH]c2C)cc1C. The lowest BCUT2D eigenvalue weighted by atomic mass is 10.1. The number of nitrogens with one attached hydrogen (secondary N) is 2. The summed E-state index contributed by atoms with van der Waals surface area (Å²) in [6.07, 6.45) is 2.90. The fraction of sp³-hybridized carbons (Fsp3) is 0.214. The first-order chi connectivity index (χ1) is 10.9. The van der Waals surface area contributed by atoms with Crippen LogP contribution in [-0.4, -0.2) is 33.4 Å². The normalized spacial score (nSPS) is 11.6. The van der Waals surface area contributed by atoms with Crippen LogP contribution in [0.4, 0.5) is 5.69 Å². The van der Waals surface area contributed by atoms with E-state index in [-0.39, 0.29) is 4.90 Å². The Morgan fingerprint density at radius 2 is 1.78 bits per heavy atom. The Balaban J connectivity index is 2.01. The van der Waals surface area contributed by atoms with Crippen LogP contribution in [0, 0.1) is 20.8 Å². The maximum absolute atomic E-state index is 12.6. The number of aryl methyl sites for hydroxylation is 3. The maximum atomic E-state index is 12.6. The van der Waals surface area contributed by atoms with Crippen LogP contribution < -0.4 is 4.72 Å². The van der Waals surface area contributed by atoms with Crippen LogP contribution in [0.1, 0.15) is 16.8 Å². The van der Waals surface area contributed by atoms with Gasteiger partial charge in [-0.05, 0) is 44.0 Å². The van der Waals surface area contributed by atoms with E-state index in [1.807, 2.05) is 13.8 Å². The second kappa shape index (κ2) is 5.51. The second-order valence-corrected chi connectivity index (χ2v) is 6.95. The highest BCUT2D eigenvalue weighted by atomic mass is 32.2. The van der Waals surface area contributed by atoms with Crippen molar-refractivity contribution in [3.05, 3.63) is 47.7 Å². The number of nitrogens with zero attached hydrogens (tertiary/aromatic N) is 4. The van der Waals surface area contributed by atoms with Crippen molar-refractivity contribution in [1.82, 2.24) is 25.0 Å². The van der Waals surface area contributed by atoms with Crippen molar-refractivity contribution in [2.45, 2.75) is 25.7 Å². The number of anilines is 1. The highest BCUT2D eigenvalue weighted by Gasteiger charge is 2.21. The number of aromatic amines is 1. The van der Waals surface area contributed by atoms with Crippen LogP contribution in [-0.2, 0) is 10.0 Å². The fourth-order valence-corrected chi connectivity index (χ4v) is 3.32. The molecule has 0 radical (unpaired) electrons. The lowest BCUT2D eigenvalue weighted by Crippen LogP contribution is -2.15. The molecule has 0 saturated carbocycles. The minimum Gasteiger partial charge on any atom is -0.279 e. The van der Waals surface area contributed by atoms with Crippen LogP contribution in [0.25, 0.3) is 5.82 Å². The molecular weight excluding hydrogens is 316 g/mol. The summed E-state index contributed by atoms with van der Waals surface area (Å²) in [4.78, 5) is 0.205. The van der Waals surface area contributed by atoms with Gasteiger partial charge in [-0.25, -0.2) is 8.42 Å². The van der Waals surface area contributed by atoms with E-state index < -0.39 is 10.0 Å². The summed E-state index contributed by atoms with van der Waals surface area (Å²) in [5.74, 6) is 0.389. The van der Waals surface area contributed by atoms with Gasteiger partial charge in [-0.2, -0.15) is 5.10 Å². The molecule has 2 aromatic heterocycles. The predicted molar refractivity (Wildman–Crippen MR) is 85.0 cm³/mol. The van der Waals surface area contributed by atoms with E-state index in [9.17, 15) is 8.42 Å². The zero-order valence-corrected chi connectivity index (χ0v) is 13.7. The molecule has 0 saturated heterocycles. The van der Waals surface area contributed by atoms with E-state index in [4.69, 9.17) is 0 Å². The molecule has 3 rings (SSSR count). The topological polar surface area (TPSA) is 106 Å². The second-order valence-electron chi connectivity index (χ2n) is 5.27. The summed E-state index contributed by atoms with van der Waals surface area (Å²) in [5.41, 5.74) is 2.91. The highest BCUT2D eigenvalue weighted by Crippen LogP contribution is 2.25. The number of sulfonamides is 1. The molecule has 8 nitrogen and oxygen atoms in total. The standard InChI is InChI=1S/C14H16N6O2S/c1-9-4-5-12(6-10(9)2)23(21,22)19-13-11(3)17-18-14(13)20-7-15-16-8-20/h4-8,19H,1-3H3,(H,17,18). The number of hydrogen-bond acceptors (Lipinski definition) is 5. The lowest BCUT2D eigenvalue weighted by Gasteiger charge is -2.10. The van der Waals surface area contributed by atoms with E-state index in [1.54, 1.807) is 25.1 Å². The van der Waals surface area contributed by atoms with Gasteiger partial charge in [0.1, 0.15) is 18.3 Å². The first-order valence-electron chi connectivity index (χ1n) is 6.88.